The molecule has 3 rings (SSSR count). The Bertz CT molecular complexity index is 683. The van der Waals surface area contributed by atoms with E-state index >= 15 is 0 Å². The van der Waals surface area contributed by atoms with Gasteiger partial charge in [-0.2, -0.15) is 5.10 Å². The highest BCUT2D eigenvalue weighted by Crippen LogP contribution is 2.34. The third-order valence-electron chi connectivity index (χ3n) is 4.59. The number of rotatable bonds is 4. The van der Waals surface area contributed by atoms with Gasteiger partial charge in [-0.25, -0.2) is 0 Å². The number of amides is 1. The summed E-state index contributed by atoms with van der Waals surface area (Å²) in [5, 5.41) is 17.8. The van der Waals surface area contributed by atoms with E-state index in [2.05, 4.69) is 10.4 Å². The highest BCUT2D eigenvalue weighted by molar-refractivity contribution is 5.98. The van der Waals surface area contributed by atoms with Crippen molar-refractivity contribution in [3.8, 4) is 0 Å². The minimum atomic E-state index is -0.515. The zero-order valence-corrected chi connectivity index (χ0v) is 13.1. The first-order chi connectivity index (χ1) is 11.1. The standard InChI is InChI=1S/C17H22N4O2/c1-11-14(8-5-9-15(11)22)21-10-13(16(18)23)17(20-21)19-12-6-3-2-4-7-12/h2-4,6-7,10-11,14-15,22H,5,8-9H2,1H3,(H2,18,23)(H,19,20)/t11-,14+,15+/m1/s1. The van der Waals surface area contributed by atoms with Gasteiger partial charge >= 0.3 is 0 Å². The number of hydrogen-bond acceptors (Lipinski definition) is 4. The minimum absolute atomic E-state index is 0.0724. The summed E-state index contributed by atoms with van der Waals surface area (Å²) in [6, 6.07) is 9.60. The molecule has 1 aliphatic rings. The number of primary amides is 1. The monoisotopic (exact) mass is 314 g/mol. The van der Waals surface area contributed by atoms with E-state index in [9.17, 15) is 9.90 Å². The lowest BCUT2D eigenvalue weighted by atomic mass is 9.83. The van der Waals surface area contributed by atoms with Crippen LogP contribution in [0.15, 0.2) is 36.5 Å². The number of benzene rings is 1. The molecule has 1 aromatic carbocycles. The summed E-state index contributed by atoms with van der Waals surface area (Å²) in [5.41, 5.74) is 6.70. The van der Waals surface area contributed by atoms with E-state index in [-0.39, 0.29) is 18.1 Å². The number of carbonyl (C=O) groups excluding carboxylic acids is 1. The van der Waals surface area contributed by atoms with Gasteiger partial charge < -0.3 is 16.2 Å². The van der Waals surface area contributed by atoms with E-state index < -0.39 is 5.91 Å². The summed E-state index contributed by atoms with van der Waals surface area (Å²) in [6.45, 7) is 2.02. The lowest BCUT2D eigenvalue weighted by molar-refractivity contribution is 0.0429. The maximum absolute atomic E-state index is 11.7. The smallest absolute Gasteiger partial charge is 0.254 e. The fraction of sp³-hybridized carbons (Fsp3) is 0.412. The van der Waals surface area contributed by atoms with Crippen molar-refractivity contribution in [2.24, 2.45) is 11.7 Å². The van der Waals surface area contributed by atoms with Crippen molar-refractivity contribution in [3.05, 3.63) is 42.1 Å². The molecule has 23 heavy (non-hydrogen) atoms. The first-order valence-electron chi connectivity index (χ1n) is 7.95. The molecule has 1 amide bonds. The SMILES string of the molecule is C[C@H]1[C@@H](O)CCC[C@@H]1n1cc(C(N)=O)c(Nc2ccccc2)n1. The van der Waals surface area contributed by atoms with Gasteiger partial charge in [-0.15, -0.1) is 0 Å². The number of nitrogens with two attached hydrogens (primary N) is 1. The fourth-order valence-electron chi connectivity index (χ4n) is 3.18. The number of carbonyl (C=O) groups is 1. The minimum Gasteiger partial charge on any atom is -0.393 e. The predicted octanol–water partition coefficient (Wildman–Crippen LogP) is 2.45. The number of aromatic nitrogens is 2. The second-order valence-corrected chi connectivity index (χ2v) is 6.15. The fourth-order valence-corrected chi connectivity index (χ4v) is 3.18. The molecule has 0 spiro atoms. The van der Waals surface area contributed by atoms with Crippen LogP contribution >= 0.6 is 0 Å². The third kappa shape index (κ3) is 3.22. The quantitative estimate of drug-likeness (QED) is 0.808. The summed E-state index contributed by atoms with van der Waals surface area (Å²) < 4.78 is 1.78. The van der Waals surface area contributed by atoms with Gasteiger partial charge in [0.25, 0.3) is 5.91 Å². The molecule has 0 bridgehead atoms. The second kappa shape index (κ2) is 6.42. The van der Waals surface area contributed by atoms with Gasteiger partial charge in [-0.1, -0.05) is 25.1 Å². The molecule has 0 aliphatic heterocycles. The van der Waals surface area contributed by atoms with Crippen LogP contribution in [0.25, 0.3) is 0 Å². The molecule has 1 saturated carbocycles. The zero-order valence-electron chi connectivity index (χ0n) is 13.1. The Balaban J connectivity index is 1.91. The van der Waals surface area contributed by atoms with E-state index in [1.807, 2.05) is 37.3 Å². The topological polar surface area (TPSA) is 93.2 Å². The Kier molecular flexibility index (Phi) is 4.34. The summed E-state index contributed by atoms with van der Waals surface area (Å²) in [6.07, 6.45) is 4.05. The van der Waals surface area contributed by atoms with Crippen LogP contribution in [0.2, 0.25) is 0 Å². The summed E-state index contributed by atoms with van der Waals surface area (Å²) >= 11 is 0. The van der Waals surface area contributed by atoms with Crippen molar-refractivity contribution >= 4 is 17.4 Å². The summed E-state index contributed by atoms with van der Waals surface area (Å²) in [4.78, 5) is 11.7. The van der Waals surface area contributed by atoms with E-state index in [1.54, 1.807) is 10.9 Å². The zero-order chi connectivity index (χ0) is 16.4. The van der Waals surface area contributed by atoms with Gasteiger partial charge in [-0.3, -0.25) is 9.48 Å². The molecule has 1 aliphatic carbocycles. The van der Waals surface area contributed by atoms with Gasteiger partial charge in [-0.05, 0) is 31.4 Å². The highest BCUT2D eigenvalue weighted by Gasteiger charge is 2.31. The van der Waals surface area contributed by atoms with Crippen molar-refractivity contribution < 1.29 is 9.90 Å². The Morgan fingerprint density at radius 3 is 2.78 bits per heavy atom. The number of aliphatic hydroxyl groups excluding tert-OH is 1. The summed E-state index contributed by atoms with van der Waals surface area (Å²) in [5.74, 6) is 0.0311. The average molecular weight is 314 g/mol. The molecule has 6 nitrogen and oxygen atoms in total. The van der Waals surface area contributed by atoms with Crippen LogP contribution < -0.4 is 11.1 Å². The molecular weight excluding hydrogens is 292 g/mol. The molecular formula is C17H22N4O2. The second-order valence-electron chi connectivity index (χ2n) is 6.15. The van der Waals surface area contributed by atoms with Crippen LogP contribution in [-0.2, 0) is 0 Å². The first kappa shape index (κ1) is 15.6. The number of hydrogen-bond donors (Lipinski definition) is 3. The van der Waals surface area contributed by atoms with Crippen molar-refractivity contribution in [1.29, 1.82) is 0 Å². The Morgan fingerprint density at radius 1 is 1.35 bits per heavy atom. The van der Waals surface area contributed by atoms with Crippen molar-refractivity contribution in [3.63, 3.8) is 0 Å². The number of para-hydroxylation sites is 1. The number of anilines is 2. The van der Waals surface area contributed by atoms with E-state index in [0.29, 0.717) is 11.4 Å². The molecule has 0 radical (unpaired) electrons. The van der Waals surface area contributed by atoms with Crippen LogP contribution in [-0.4, -0.2) is 26.9 Å². The van der Waals surface area contributed by atoms with Gasteiger partial charge in [0, 0.05) is 17.8 Å². The molecule has 6 heteroatoms. The first-order valence-corrected chi connectivity index (χ1v) is 7.95. The molecule has 4 N–H and O–H groups in total. The number of nitrogens with one attached hydrogen (secondary N) is 1. The molecule has 0 saturated heterocycles. The van der Waals surface area contributed by atoms with Crippen LogP contribution in [0.3, 0.4) is 0 Å². The van der Waals surface area contributed by atoms with Crippen LogP contribution in [0.1, 0.15) is 42.6 Å². The van der Waals surface area contributed by atoms with Crippen LogP contribution in [0.5, 0.6) is 0 Å². The molecule has 1 fully saturated rings. The van der Waals surface area contributed by atoms with Gasteiger partial charge in [0.05, 0.1) is 12.1 Å². The predicted molar refractivity (Wildman–Crippen MR) is 88.5 cm³/mol. The normalized spacial score (nSPS) is 24.3. The van der Waals surface area contributed by atoms with Gasteiger partial charge in [0.1, 0.15) is 5.56 Å². The largest absolute Gasteiger partial charge is 0.393 e. The maximum Gasteiger partial charge on any atom is 0.254 e. The van der Waals surface area contributed by atoms with E-state index in [0.717, 1.165) is 24.9 Å². The van der Waals surface area contributed by atoms with Crippen LogP contribution in [0, 0.1) is 5.92 Å². The molecule has 2 aromatic rings. The summed E-state index contributed by atoms with van der Waals surface area (Å²) in [7, 11) is 0. The Hall–Kier alpha value is -2.34. The van der Waals surface area contributed by atoms with Crippen molar-refractivity contribution in [1.82, 2.24) is 9.78 Å². The van der Waals surface area contributed by atoms with E-state index in [4.69, 9.17) is 5.73 Å². The highest BCUT2D eigenvalue weighted by atomic mass is 16.3. The Labute approximate surface area is 135 Å². The molecule has 122 valence electrons. The molecule has 1 heterocycles. The molecule has 1 aromatic heterocycles. The van der Waals surface area contributed by atoms with Gasteiger partial charge in [0.2, 0.25) is 0 Å². The maximum atomic E-state index is 11.7. The average Bonchev–Trinajstić information content (AvgIpc) is 2.95. The lowest BCUT2D eigenvalue weighted by Gasteiger charge is -2.33. The number of nitrogens with zero attached hydrogens (tertiary/aromatic N) is 2. The molecule has 3 atom stereocenters. The van der Waals surface area contributed by atoms with Crippen LogP contribution in [0.4, 0.5) is 11.5 Å². The van der Waals surface area contributed by atoms with Crippen molar-refractivity contribution in [2.45, 2.75) is 38.3 Å². The van der Waals surface area contributed by atoms with Crippen molar-refractivity contribution in [2.75, 3.05) is 5.32 Å². The van der Waals surface area contributed by atoms with Gasteiger partial charge in [0.15, 0.2) is 5.82 Å². The number of aliphatic hydroxyl groups is 1. The molecule has 0 unspecified atom stereocenters. The Morgan fingerprint density at radius 2 is 2.09 bits per heavy atom. The lowest BCUT2D eigenvalue weighted by Crippen LogP contribution is -2.32. The van der Waals surface area contributed by atoms with E-state index in [1.165, 1.54) is 0 Å². The third-order valence-corrected chi connectivity index (χ3v) is 4.59.